The predicted molar refractivity (Wildman–Crippen MR) is 108 cm³/mol. The molecule has 2 aromatic heterocycles. The lowest BCUT2D eigenvalue weighted by atomic mass is 10.2. The number of aryl methyl sites for hydroxylation is 1. The summed E-state index contributed by atoms with van der Waals surface area (Å²) in [6.45, 7) is 2.38. The number of aromatic nitrogens is 3. The number of alkyl halides is 3. The quantitative estimate of drug-likeness (QED) is 0.467. The molecule has 0 saturated carbocycles. The fraction of sp³-hybridized carbons (Fsp3) is 0.200. The lowest BCUT2D eigenvalue weighted by molar-refractivity contribution is -0.274. The number of hydrogen-bond donors (Lipinski definition) is 3. The monoisotopic (exact) mass is 432 g/mol. The molecule has 3 N–H and O–H groups in total. The Balaban J connectivity index is 1.47. The highest BCUT2D eigenvalue weighted by atomic mass is 19.4. The number of para-hydroxylation sites is 1. The van der Waals surface area contributed by atoms with E-state index in [0.29, 0.717) is 17.5 Å². The highest BCUT2D eigenvalue weighted by Crippen LogP contribution is 2.26. The maximum atomic E-state index is 12.5. The topological polar surface area (TPSA) is 101 Å². The predicted octanol–water partition coefficient (Wildman–Crippen LogP) is 3.66. The summed E-state index contributed by atoms with van der Waals surface area (Å²) in [4.78, 5) is 16.4. The third-order valence-electron chi connectivity index (χ3n) is 3.91. The maximum absolute atomic E-state index is 12.5. The van der Waals surface area contributed by atoms with Crippen LogP contribution in [0.4, 0.5) is 30.6 Å². The van der Waals surface area contributed by atoms with Gasteiger partial charge in [0.1, 0.15) is 17.4 Å². The van der Waals surface area contributed by atoms with Crippen LogP contribution >= 0.6 is 0 Å². The summed E-state index contributed by atoms with van der Waals surface area (Å²) in [5.74, 6) is 0.388. The van der Waals surface area contributed by atoms with E-state index < -0.39 is 18.0 Å². The molecule has 2 heterocycles. The molecule has 0 atom stereocenters. The van der Waals surface area contributed by atoms with Crippen molar-refractivity contribution in [1.29, 1.82) is 0 Å². The highest BCUT2D eigenvalue weighted by molar-refractivity contribution is 5.96. The van der Waals surface area contributed by atoms with Gasteiger partial charge in [-0.3, -0.25) is 4.79 Å². The number of halogens is 3. The number of nitrogens with zero attached hydrogens (tertiary/aromatic N) is 3. The first-order valence-electron chi connectivity index (χ1n) is 9.20. The van der Waals surface area contributed by atoms with Crippen molar-refractivity contribution in [2.75, 3.05) is 23.7 Å². The Morgan fingerprint density at radius 3 is 2.45 bits per heavy atom. The van der Waals surface area contributed by atoms with E-state index in [2.05, 4.69) is 35.9 Å². The minimum absolute atomic E-state index is 0.147. The molecule has 162 valence electrons. The molecule has 1 amide bonds. The zero-order valence-electron chi connectivity index (χ0n) is 16.4. The van der Waals surface area contributed by atoms with Crippen molar-refractivity contribution in [1.82, 2.24) is 20.5 Å². The number of anilines is 3. The van der Waals surface area contributed by atoms with Crippen LogP contribution in [-0.4, -0.2) is 40.5 Å². The molecule has 3 aromatic rings. The molecule has 0 aliphatic rings. The lowest BCUT2D eigenvalue weighted by Gasteiger charge is -2.13. The van der Waals surface area contributed by atoms with Crippen molar-refractivity contribution in [3.05, 3.63) is 65.9 Å². The van der Waals surface area contributed by atoms with Gasteiger partial charge in [0, 0.05) is 19.3 Å². The van der Waals surface area contributed by atoms with Gasteiger partial charge in [0.15, 0.2) is 5.82 Å². The third-order valence-corrected chi connectivity index (χ3v) is 3.91. The fourth-order valence-electron chi connectivity index (χ4n) is 2.56. The molecule has 11 heteroatoms. The van der Waals surface area contributed by atoms with E-state index >= 15 is 0 Å². The van der Waals surface area contributed by atoms with Gasteiger partial charge in [-0.1, -0.05) is 12.1 Å². The van der Waals surface area contributed by atoms with Gasteiger partial charge in [-0.2, -0.15) is 0 Å². The van der Waals surface area contributed by atoms with Gasteiger partial charge in [0.25, 0.3) is 5.91 Å². The van der Waals surface area contributed by atoms with Gasteiger partial charge < -0.3 is 20.7 Å². The minimum Gasteiger partial charge on any atom is -0.405 e. The molecule has 0 radical (unpaired) electrons. The van der Waals surface area contributed by atoms with E-state index in [4.69, 9.17) is 0 Å². The van der Waals surface area contributed by atoms with Gasteiger partial charge >= 0.3 is 6.36 Å². The molecule has 8 nitrogen and oxygen atoms in total. The first-order chi connectivity index (χ1) is 14.8. The highest BCUT2D eigenvalue weighted by Gasteiger charge is 2.32. The lowest BCUT2D eigenvalue weighted by Crippen LogP contribution is -2.30. The molecule has 0 unspecified atom stereocenters. The number of benzene rings is 1. The van der Waals surface area contributed by atoms with Crippen LogP contribution in [0, 0.1) is 6.92 Å². The van der Waals surface area contributed by atoms with Crippen LogP contribution in [0.15, 0.2) is 54.7 Å². The van der Waals surface area contributed by atoms with Crippen molar-refractivity contribution in [3.8, 4) is 5.75 Å². The van der Waals surface area contributed by atoms with Crippen LogP contribution in [0.3, 0.4) is 0 Å². The zero-order chi connectivity index (χ0) is 22.3. The van der Waals surface area contributed by atoms with Crippen molar-refractivity contribution in [2.45, 2.75) is 13.3 Å². The van der Waals surface area contributed by atoms with Crippen LogP contribution in [0.5, 0.6) is 5.75 Å². The second kappa shape index (κ2) is 9.74. The normalized spacial score (nSPS) is 11.0. The van der Waals surface area contributed by atoms with Crippen LogP contribution in [0.1, 0.15) is 15.9 Å². The Hall–Kier alpha value is -3.89. The zero-order valence-corrected chi connectivity index (χ0v) is 16.4. The number of pyridine rings is 1. The molecule has 0 spiro atoms. The Kier molecular flexibility index (Phi) is 6.85. The second-order valence-electron chi connectivity index (χ2n) is 6.37. The van der Waals surface area contributed by atoms with E-state index in [1.165, 1.54) is 18.2 Å². The third kappa shape index (κ3) is 6.84. The average Bonchev–Trinajstić information content (AvgIpc) is 2.71. The van der Waals surface area contributed by atoms with E-state index in [1.807, 2.05) is 19.1 Å². The summed E-state index contributed by atoms with van der Waals surface area (Å²) in [6, 6.07) is 12.3. The van der Waals surface area contributed by atoms with Crippen molar-refractivity contribution in [3.63, 3.8) is 0 Å². The molecule has 31 heavy (non-hydrogen) atoms. The summed E-state index contributed by atoms with van der Waals surface area (Å²) in [5.41, 5.74) is 0.846. The largest absolute Gasteiger partial charge is 0.573 e. The van der Waals surface area contributed by atoms with Crippen molar-refractivity contribution in [2.24, 2.45) is 0 Å². The van der Waals surface area contributed by atoms with Crippen LogP contribution in [0.2, 0.25) is 0 Å². The van der Waals surface area contributed by atoms with Gasteiger partial charge in [-0.05, 0) is 48.9 Å². The van der Waals surface area contributed by atoms with E-state index in [9.17, 15) is 18.0 Å². The molecular formula is C20H19F3N6O2. The van der Waals surface area contributed by atoms with E-state index in [-0.39, 0.29) is 18.7 Å². The summed E-state index contributed by atoms with van der Waals surface area (Å²) in [7, 11) is 0. The molecule has 0 bridgehead atoms. The summed E-state index contributed by atoms with van der Waals surface area (Å²) < 4.78 is 41.3. The standard InChI is InChI=1S/C20H19F3N6O2/c1-13-8-9-24-18(12-13)27-17-7-6-16(28-29-17)25-10-11-26-19(30)14-4-2-3-5-15(14)31-20(21,22)23/h2-9,12H,10-11H2,1H3,(H,25,28)(H,26,30)(H,24,27,29). The number of amides is 1. The Morgan fingerprint density at radius 2 is 1.74 bits per heavy atom. The first kappa shape index (κ1) is 21.8. The molecule has 0 aliphatic carbocycles. The minimum atomic E-state index is -4.88. The second-order valence-corrected chi connectivity index (χ2v) is 6.37. The van der Waals surface area contributed by atoms with E-state index in [1.54, 1.807) is 18.3 Å². The summed E-state index contributed by atoms with van der Waals surface area (Å²) >= 11 is 0. The van der Waals surface area contributed by atoms with Crippen molar-refractivity contribution >= 4 is 23.4 Å². The summed E-state index contributed by atoms with van der Waals surface area (Å²) in [5, 5.41) is 16.6. The number of ether oxygens (including phenoxy) is 1. The molecule has 3 rings (SSSR count). The van der Waals surface area contributed by atoms with Crippen molar-refractivity contribution < 1.29 is 22.7 Å². The SMILES string of the molecule is Cc1ccnc(Nc2ccc(NCCNC(=O)c3ccccc3OC(F)(F)F)nn2)c1. The number of carbonyl (C=O) groups is 1. The molecule has 0 aliphatic heterocycles. The molecule has 0 saturated heterocycles. The fourth-order valence-corrected chi connectivity index (χ4v) is 2.56. The Bertz CT molecular complexity index is 1030. The van der Waals surface area contributed by atoms with Gasteiger partial charge in [-0.25, -0.2) is 4.98 Å². The number of hydrogen-bond acceptors (Lipinski definition) is 7. The van der Waals surface area contributed by atoms with Gasteiger partial charge in [0.2, 0.25) is 0 Å². The van der Waals surface area contributed by atoms with Gasteiger partial charge in [0.05, 0.1) is 5.56 Å². The van der Waals surface area contributed by atoms with Crippen LogP contribution in [0.25, 0.3) is 0 Å². The molecule has 0 fully saturated rings. The van der Waals surface area contributed by atoms with Crippen LogP contribution in [-0.2, 0) is 0 Å². The van der Waals surface area contributed by atoms with E-state index in [0.717, 1.165) is 11.6 Å². The maximum Gasteiger partial charge on any atom is 0.573 e. The number of rotatable bonds is 8. The number of carbonyl (C=O) groups excluding carboxylic acids is 1. The average molecular weight is 432 g/mol. The Morgan fingerprint density at radius 1 is 1.00 bits per heavy atom. The Labute approximate surface area is 175 Å². The van der Waals surface area contributed by atoms with Gasteiger partial charge in [-0.15, -0.1) is 23.4 Å². The molecular weight excluding hydrogens is 413 g/mol. The first-order valence-corrected chi connectivity index (χ1v) is 9.20. The molecule has 1 aromatic carbocycles. The smallest absolute Gasteiger partial charge is 0.405 e. The van der Waals surface area contributed by atoms with Crippen LogP contribution < -0.4 is 20.7 Å². The summed E-state index contributed by atoms with van der Waals surface area (Å²) in [6.07, 6.45) is -3.20. The number of nitrogens with one attached hydrogen (secondary N) is 3.